The van der Waals surface area contributed by atoms with Crippen molar-refractivity contribution in [3.8, 4) is 17.6 Å². The molecule has 218 valence electrons. The fourth-order valence-electron chi connectivity index (χ4n) is 6.98. The maximum absolute atomic E-state index is 14.1. The number of aromatic hydroxyl groups is 1. The van der Waals surface area contributed by atoms with Crippen LogP contribution in [0.4, 0.5) is 5.69 Å². The Morgan fingerprint density at radius 2 is 1.74 bits per heavy atom. The lowest BCUT2D eigenvalue weighted by Gasteiger charge is -2.52. The number of rotatable bonds is 4. The second kappa shape index (κ2) is 10.5. The Morgan fingerprint density at radius 3 is 2.33 bits per heavy atom. The quantitative estimate of drug-likeness (QED) is 0.352. The van der Waals surface area contributed by atoms with Crippen LogP contribution in [0.2, 0.25) is 0 Å². The number of benzene rings is 2. The standard InChI is InChI=1S/C32H33N3O7/c1-34(2)21-15-17(12-8-11-16-9-6-5-7-10-16)26(36)23-19(21)13-18-14-20-25(35(3)4)28(38)24(31(33)41)30(40)32(20,42)29(39)22(18)27(23)37/h5-7,9-10,15,18,20,22,24-25,36,42H,11,13-14H2,1-4H3,(H2,33,41)/t18-,20-,22?,24?,25-,32-/m0/s1. The van der Waals surface area contributed by atoms with Gasteiger partial charge in [-0.2, -0.15) is 0 Å². The number of phenols is 1. The first kappa shape index (κ1) is 29.2. The molecule has 0 saturated heterocycles. The van der Waals surface area contributed by atoms with E-state index in [0.29, 0.717) is 17.7 Å². The maximum atomic E-state index is 14.1. The number of fused-ring (bicyclic) bond motifs is 3. The van der Waals surface area contributed by atoms with Crippen molar-refractivity contribution in [1.82, 2.24) is 4.90 Å². The topological polar surface area (TPSA) is 158 Å². The number of likely N-dealkylation sites (N-methyl/N-ethyl adjacent to an activating group) is 1. The van der Waals surface area contributed by atoms with E-state index in [2.05, 4.69) is 11.8 Å². The van der Waals surface area contributed by atoms with E-state index in [0.717, 1.165) is 5.56 Å². The zero-order chi connectivity index (χ0) is 30.7. The molecule has 10 heteroatoms. The van der Waals surface area contributed by atoms with E-state index in [1.54, 1.807) is 39.2 Å². The molecular formula is C32H33N3O7. The molecule has 3 aliphatic rings. The predicted molar refractivity (Wildman–Crippen MR) is 153 cm³/mol. The van der Waals surface area contributed by atoms with E-state index < -0.39 is 64.4 Å². The summed E-state index contributed by atoms with van der Waals surface area (Å²) in [5, 5.41) is 23.1. The molecule has 2 fully saturated rings. The molecule has 3 aliphatic carbocycles. The fourth-order valence-corrected chi connectivity index (χ4v) is 6.98. The summed E-state index contributed by atoms with van der Waals surface area (Å²) in [7, 11) is 6.69. The van der Waals surface area contributed by atoms with E-state index >= 15 is 0 Å². The lowest BCUT2D eigenvalue weighted by molar-refractivity contribution is -0.181. The third-order valence-corrected chi connectivity index (χ3v) is 8.88. The Balaban J connectivity index is 1.61. The van der Waals surface area contributed by atoms with Gasteiger partial charge in [0.05, 0.1) is 23.1 Å². The van der Waals surface area contributed by atoms with Crippen molar-refractivity contribution in [2.75, 3.05) is 33.1 Å². The summed E-state index contributed by atoms with van der Waals surface area (Å²) >= 11 is 0. The van der Waals surface area contributed by atoms with Crippen LogP contribution >= 0.6 is 0 Å². The van der Waals surface area contributed by atoms with Gasteiger partial charge in [-0.25, -0.2) is 0 Å². The first-order valence-corrected chi connectivity index (χ1v) is 13.7. The Labute approximate surface area is 243 Å². The van der Waals surface area contributed by atoms with Crippen LogP contribution < -0.4 is 10.6 Å². The number of carbonyl (C=O) groups is 5. The van der Waals surface area contributed by atoms with E-state index in [9.17, 15) is 34.2 Å². The summed E-state index contributed by atoms with van der Waals surface area (Å²) < 4.78 is 0. The molecule has 2 aromatic rings. The van der Waals surface area contributed by atoms with Crippen LogP contribution in [0.3, 0.4) is 0 Å². The van der Waals surface area contributed by atoms with Crippen LogP contribution in [-0.2, 0) is 32.0 Å². The van der Waals surface area contributed by atoms with E-state index in [4.69, 9.17) is 5.73 Å². The Bertz CT molecular complexity index is 1590. The largest absolute Gasteiger partial charge is 0.506 e. The normalized spacial score (nSPS) is 28.4. The number of anilines is 1. The molecule has 2 saturated carbocycles. The molecule has 0 aliphatic heterocycles. The second-order valence-electron chi connectivity index (χ2n) is 11.8. The van der Waals surface area contributed by atoms with Gasteiger partial charge in [0.2, 0.25) is 5.91 Å². The molecule has 5 rings (SSSR count). The van der Waals surface area contributed by atoms with Gasteiger partial charge in [0.15, 0.2) is 34.7 Å². The zero-order valence-electron chi connectivity index (χ0n) is 23.9. The van der Waals surface area contributed by atoms with Gasteiger partial charge in [0.1, 0.15) is 5.75 Å². The average molecular weight is 572 g/mol. The van der Waals surface area contributed by atoms with Crippen molar-refractivity contribution in [1.29, 1.82) is 0 Å². The average Bonchev–Trinajstić information content (AvgIpc) is 2.92. The molecule has 2 aromatic carbocycles. The van der Waals surface area contributed by atoms with Crippen LogP contribution in [0.5, 0.6) is 5.75 Å². The third-order valence-electron chi connectivity index (χ3n) is 8.88. The molecule has 42 heavy (non-hydrogen) atoms. The number of carbonyl (C=O) groups excluding carboxylic acids is 5. The molecule has 0 bridgehead atoms. The van der Waals surface area contributed by atoms with Crippen LogP contribution in [0.25, 0.3) is 0 Å². The molecule has 0 spiro atoms. The number of nitrogens with two attached hydrogens (primary N) is 1. The molecule has 1 amide bonds. The van der Waals surface area contributed by atoms with Crippen LogP contribution in [0, 0.1) is 35.5 Å². The highest BCUT2D eigenvalue weighted by Gasteiger charge is 2.69. The Hall–Kier alpha value is -4.33. The number of ketones is 4. The van der Waals surface area contributed by atoms with Gasteiger partial charge in [-0.3, -0.25) is 28.9 Å². The fraction of sp³-hybridized carbons (Fsp3) is 0.406. The summed E-state index contributed by atoms with van der Waals surface area (Å²) in [5.74, 6) is -4.80. The van der Waals surface area contributed by atoms with Gasteiger partial charge in [0.25, 0.3) is 0 Å². The van der Waals surface area contributed by atoms with Gasteiger partial charge in [0, 0.05) is 32.1 Å². The minimum atomic E-state index is -2.76. The maximum Gasteiger partial charge on any atom is 0.235 e. The van der Waals surface area contributed by atoms with Crippen LogP contribution in [-0.4, -0.2) is 84.0 Å². The van der Waals surface area contributed by atoms with Gasteiger partial charge in [-0.15, -0.1) is 0 Å². The van der Waals surface area contributed by atoms with Crippen molar-refractivity contribution in [3.63, 3.8) is 0 Å². The van der Waals surface area contributed by atoms with E-state index in [1.807, 2.05) is 30.3 Å². The first-order valence-electron chi connectivity index (χ1n) is 13.7. The molecule has 0 heterocycles. The van der Waals surface area contributed by atoms with Crippen molar-refractivity contribution in [2.24, 2.45) is 29.4 Å². The van der Waals surface area contributed by atoms with Gasteiger partial charge >= 0.3 is 0 Å². The van der Waals surface area contributed by atoms with Crippen molar-refractivity contribution >= 4 is 34.7 Å². The smallest absolute Gasteiger partial charge is 0.235 e. The molecule has 0 radical (unpaired) electrons. The first-order chi connectivity index (χ1) is 19.8. The summed E-state index contributed by atoms with van der Waals surface area (Å²) in [6.07, 6.45) is 0.593. The molecule has 4 N–H and O–H groups in total. The Kier molecular flexibility index (Phi) is 7.29. The number of primary amides is 1. The SMILES string of the molecule is CN(C)c1cc(C#CCc2ccccc2)c(O)c2c1C[C@H]1C[C@H]3[C@H](N(C)C)C(=O)C(C(N)=O)C(=O)[C@@]3(O)C(=O)C1C2=O. The van der Waals surface area contributed by atoms with Crippen LogP contribution in [0.15, 0.2) is 36.4 Å². The monoisotopic (exact) mass is 571 g/mol. The van der Waals surface area contributed by atoms with Gasteiger partial charge < -0.3 is 20.8 Å². The number of hydrogen-bond donors (Lipinski definition) is 3. The van der Waals surface area contributed by atoms with Gasteiger partial charge in [-0.1, -0.05) is 42.2 Å². The van der Waals surface area contributed by atoms with Crippen LogP contribution in [0.1, 0.15) is 33.5 Å². The lowest BCUT2D eigenvalue weighted by Crippen LogP contribution is -2.74. The zero-order valence-corrected chi connectivity index (χ0v) is 23.9. The minimum absolute atomic E-state index is 0.00381. The van der Waals surface area contributed by atoms with Gasteiger partial charge in [-0.05, 0) is 50.0 Å². The highest BCUT2D eigenvalue weighted by molar-refractivity contribution is 6.32. The molecule has 6 atom stereocenters. The number of nitrogens with zero attached hydrogens (tertiary/aromatic N) is 2. The predicted octanol–water partition coefficient (Wildman–Crippen LogP) is 0.527. The molecule has 0 aromatic heterocycles. The molecular weight excluding hydrogens is 538 g/mol. The molecule has 10 nitrogen and oxygen atoms in total. The summed E-state index contributed by atoms with van der Waals surface area (Å²) in [6.45, 7) is 0. The highest BCUT2D eigenvalue weighted by Crippen LogP contribution is 2.52. The number of hydrogen-bond acceptors (Lipinski definition) is 9. The summed E-state index contributed by atoms with van der Waals surface area (Å²) in [5.41, 5.74) is 4.90. The third kappa shape index (κ3) is 4.32. The number of aliphatic hydroxyl groups is 1. The van der Waals surface area contributed by atoms with Crippen molar-refractivity contribution in [2.45, 2.75) is 30.9 Å². The summed E-state index contributed by atoms with van der Waals surface area (Å²) in [4.78, 5) is 70.2. The van der Waals surface area contributed by atoms with Crippen molar-refractivity contribution < 1.29 is 34.2 Å². The number of amides is 1. The Morgan fingerprint density at radius 1 is 1.07 bits per heavy atom. The van der Waals surface area contributed by atoms with Crippen molar-refractivity contribution in [3.05, 3.63) is 58.7 Å². The minimum Gasteiger partial charge on any atom is -0.506 e. The number of phenolic OH excluding ortho intramolecular Hbond substituents is 1. The molecule has 2 unspecified atom stereocenters. The van der Waals surface area contributed by atoms with E-state index in [-0.39, 0.29) is 29.7 Å². The second-order valence-corrected chi connectivity index (χ2v) is 11.8. The number of Topliss-reactive ketones (excluding diaryl/α,β-unsaturated/α-hetero) is 4. The van der Waals surface area contributed by atoms with E-state index in [1.165, 1.54) is 4.90 Å². The highest BCUT2D eigenvalue weighted by atomic mass is 16.3. The lowest BCUT2D eigenvalue weighted by atomic mass is 9.52. The summed E-state index contributed by atoms with van der Waals surface area (Å²) in [6, 6.07) is 10.1.